The van der Waals surface area contributed by atoms with Gasteiger partial charge in [0.1, 0.15) is 17.4 Å². The van der Waals surface area contributed by atoms with E-state index in [4.69, 9.17) is 4.42 Å². The maximum absolute atomic E-state index is 14.1. The van der Waals surface area contributed by atoms with E-state index in [-0.39, 0.29) is 18.0 Å². The molecule has 0 amide bonds. The van der Waals surface area contributed by atoms with Crippen LogP contribution < -0.4 is 5.32 Å². The number of hydrogen-bond donors (Lipinski definition) is 1. The van der Waals surface area contributed by atoms with Gasteiger partial charge in [-0.1, -0.05) is 6.07 Å². The fourth-order valence-corrected chi connectivity index (χ4v) is 2.66. The molecule has 0 bridgehead atoms. The van der Waals surface area contributed by atoms with Crippen molar-refractivity contribution in [1.29, 1.82) is 0 Å². The first-order valence-electron chi connectivity index (χ1n) is 6.69. The first-order valence-corrected chi connectivity index (χ1v) is 6.69. The molecule has 1 saturated heterocycles. The first kappa shape index (κ1) is 15.9. The minimum Gasteiger partial charge on any atom is -0.467 e. The molecule has 1 atom stereocenters. The Bertz CT molecular complexity index is 551. The summed E-state index contributed by atoms with van der Waals surface area (Å²) < 4.78 is 33.7. The highest BCUT2D eigenvalue weighted by Crippen LogP contribution is 2.32. The zero-order chi connectivity index (χ0) is 13.9. The number of piperazine rings is 1. The molecular formula is C15H17ClF2N2O. The van der Waals surface area contributed by atoms with Crippen molar-refractivity contribution >= 4 is 12.4 Å². The lowest BCUT2D eigenvalue weighted by Crippen LogP contribution is -2.45. The fraction of sp³-hybridized carbons (Fsp3) is 0.333. The van der Waals surface area contributed by atoms with Gasteiger partial charge < -0.3 is 9.73 Å². The minimum atomic E-state index is -0.537. The molecule has 0 spiro atoms. The number of nitrogens with one attached hydrogen (secondary N) is 1. The van der Waals surface area contributed by atoms with E-state index in [1.807, 2.05) is 4.90 Å². The molecule has 0 aliphatic carbocycles. The van der Waals surface area contributed by atoms with Gasteiger partial charge in [0.2, 0.25) is 0 Å². The lowest BCUT2D eigenvalue weighted by Gasteiger charge is -2.34. The van der Waals surface area contributed by atoms with Crippen LogP contribution in [-0.2, 0) is 0 Å². The molecule has 0 saturated carbocycles. The Balaban J connectivity index is 0.00000161. The summed E-state index contributed by atoms with van der Waals surface area (Å²) in [7, 11) is 0. The zero-order valence-electron chi connectivity index (χ0n) is 11.4. The first-order chi connectivity index (χ1) is 9.77. The van der Waals surface area contributed by atoms with Crippen molar-refractivity contribution in [2.75, 3.05) is 26.2 Å². The molecule has 0 unspecified atom stereocenters. The van der Waals surface area contributed by atoms with Crippen LogP contribution >= 0.6 is 12.4 Å². The number of hydrogen-bond acceptors (Lipinski definition) is 3. The number of rotatable bonds is 3. The summed E-state index contributed by atoms with van der Waals surface area (Å²) in [5.74, 6) is -0.509. The second kappa shape index (κ2) is 7.02. The number of benzene rings is 1. The molecule has 2 heterocycles. The average molecular weight is 315 g/mol. The van der Waals surface area contributed by atoms with Crippen molar-refractivity contribution in [2.24, 2.45) is 0 Å². The van der Waals surface area contributed by atoms with Crippen LogP contribution in [0.5, 0.6) is 0 Å². The molecule has 1 aliphatic heterocycles. The predicted octanol–water partition coefficient (Wildman–Crippen LogP) is 2.97. The van der Waals surface area contributed by atoms with Gasteiger partial charge in [0.05, 0.1) is 12.3 Å². The summed E-state index contributed by atoms with van der Waals surface area (Å²) in [4.78, 5) is 2.04. The lowest BCUT2D eigenvalue weighted by molar-refractivity contribution is 0.173. The Morgan fingerprint density at radius 1 is 1.05 bits per heavy atom. The molecule has 6 heteroatoms. The molecule has 3 rings (SSSR count). The van der Waals surface area contributed by atoms with Gasteiger partial charge in [-0.05, 0) is 24.3 Å². The third kappa shape index (κ3) is 3.26. The third-order valence-corrected chi connectivity index (χ3v) is 3.60. The topological polar surface area (TPSA) is 28.4 Å². The van der Waals surface area contributed by atoms with Crippen LogP contribution in [0.4, 0.5) is 8.78 Å². The summed E-state index contributed by atoms with van der Waals surface area (Å²) >= 11 is 0. The SMILES string of the molecule is Cl.Fc1cccc(F)c1[C@@H](c1ccco1)N1CCNCC1. The van der Waals surface area contributed by atoms with Crippen LogP contribution in [0.15, 0.2) is 41.0 Å². The van der Waals surface area contributed by atoms with E-state index in [0.717, 1.165) is 26.2 Å². The molecule has 0 radical (unpaired) electrons. The van der Waals surface area contributed by atoms with Crippen LogP contribution in [0, 0.1) is 11.6 Å². The predicted molar refractivity (Wildman–Crippen MR) is 78.6 cm³/mol. The van der Waals surface area contributed by atoms with Gasteiger partial charge in [-0.15, -0.1) is 12.4 Å². The average Bonchev–Trinajstić information content (AvgIpc) is 2.98. The molecular weight excluding hydrogens is 298 g/mol. The van der Waals surface area contributed by atoms with E-state index in [1.54, 1.807) is 12.1 Å². The van der Waals surface area contributed by atoms with Gasteiger partial charge in [0.15, 0.2) is 0 Å². The van der Waals surface area contributed by atoms with Crippen molar-refractivity contribution in [3.8, 4) is 0 Å². The quantitative estimate of drug-likeness (QED) is 0.944. The molecule has 1 aromatic carbocycles. The number of furan rings is 1. The van der Waals surface area contributed by atoms with Gasteiger partial charge in [-0.2, -0.15) is 0 Å². The third-order valence-electron chi connectivity index (χ3n) is 3.60. The normalized spacial score (nSPS) is 17.2. The Labute approximate surface area is 128 Å². The monoisotopic (exact) mass is 314 g/mol. The standard InChI is InChI=1S/C15H16F2N2O.ClH/c16-11-3-1-4-12(17)14(11)15(13-5-2-10-20-13)19-8-6-18-7-9-19;/h1-5,10,15,18H,6-9H2;1H/t15-;/m1./s1. The maximum Gasteiger partial charge on any atom is 0.131 e. The van der Waals surface area contributed by atoms with Crippen LogP contribution in [0.25, 0.3) is 0 Å². The van der Waals surface area contributed by atoms with Gasteiger partial charge in [-0.3, -0.25) is 4.90 Å². The summed E-state index contributed by atoms with van der Waals surface area (Å²) in [6.45, 7) is 3.04. The van der Waals surface area contributed by atoms with E-state index in [2.05, 4.69) is 5.32 Å². The molecule has 21 heavy (non-hydrogen) atoms. The van der Waals surface area contributed by atoms with E-state index >= 15 is 0 Å². The van der Waals surface area contributed by atoms with Crippen LogP contribution in [0.1, 0.15) is 17.4 Å². The van der Waals surface area contributed by atoms with Crippen molar-refractivity contribution in [1.82, 2.24) is 10.2 Å². The molecule has 1 aromatic heterocycles. The Morgan fingerprint density at radius 3 is 2.29 bits per heavy atom. The fourth-order valence-electron chi connectivity index (χ4n) is 2.66. The molecule has 1 N–H and O–H groups in total. The number of halogens is 3. The van der Waals surface area contributed by atoms with Gasteiger partial charge in [-0.25, -0.2) is 8.78 Å². The molecule has 114 valence electrons. The smallest absolute Gasteiger partial charge is 0.131 e. The summed E-state index contributed by atoms with van der Waals surface area (Å²) in [5, 5.41) is 3.24. The van der Waals surface area contributed by atoms with E-state index in [9.17, 15) is 8.78 Å². The van der Waals surface area contributed by atoms with E-state index < -0.39 is 17.7 Å². The van der Waals surface area contributed by atoms with Crippen molar-refractivity contribution in [2.45, 2.75) is 6.04 Å². The second-order valence-corrected chi connectivity index (χ2v) is 4.84. The summed E-state index contributed by atoms with van der Waals surface area (Å²) in [6.07, 6.45) is 1.53. The molecule has 1 aliphatic rings. The van der Waals surface area contributed by atoms with Crippen molar-refractivity contribution in [3.63, 3.8) is 0 Å². The summed E-state index contributed by atoms with van der Waals surface area (Å²) in [6, 6.07) is 6.94. The van der Waals surface area contributed by atoms with Gasteiger partial charge in [0, 0.05) is 31.7 Å². The Morgan fingerprint density at radius 2 is 1.71 bits per heavy atom. The highest BCUT2D eigenvalue weighted by atomic mass is 35.5. The second-order valence-electron chi connectivity index (χ2n) is 4.84. The van der Waals surface area contributed by atoms with Crippen molar-refractivity contribution in [3.05, 3.63) is 59.6 Å². The molecule has 3 nitrogen and oxygen atoms in total. The highest BCUT2D eigenvalue weighted by molar-refractivity contribution is 5.85. The largest absolute Gasteiger partial charge is 0.467 e. The lowest BCUT2D eigenvalue weighted by atomic mass is 10.0. The highest BCUT2D eigenvalue weighted by Gasteiger charge is 2.30. The molecule has 2 aromatic rings. The van der Waals surface area contributed by atoms with Gasteiger partial charge in [0.25, 0.3) is 0 Å². The van der Waals surface area contributed by atoms with Crippen LogP contribution in [0.2, 0.25) is 0 Å². The van der Waals surface area contributed by atoms with Crippen LogP contribution in [-0.4, -0.2) is 31.1 Å². The van der Waals surface area contributed by atoms with E-state index in [0.29, 0.717) is 5.76 Å². The zero-order valence-corrected chi connectivity index (χ0v) is 12.2. The molecule has 1 fully saturated rings. The van der Waals surface area contributed by atoms with Crippen LogP contribution in [0.3, 0.4) is 0 Å². The maximum atomic E-state index is 14.1. The van der Waals surface area contributed by atoms with Gasteiger partial charge >= 0.3 is 0 Å². The van der Waals surface area contributed by atoms with Crippen molar-refractivity contribution < 1.29 is 13.2 Å². The Kier molecular flexibility index (Phi) is 5.33. The Hall–Kier alpha value is -1.43. The van der Waals surface area contributed by atoms with E-state index in [1.165, 1.54) is 24.5 Å². The minimum absolute atomic E-state index is 0. The summed E-state index contributed by atoms with van der Waals surface area (Å²) in [5.41, 5.74) is 0.0596. The number of nitrogens with zero attached hydrogens (tertiary/aromatic N) is 1.